The van der Waals surface area contributed by atoms with E-state index in [-0.39, 0.29) is 0 Å². The first-order valence-corrected chi connectivity index (χ1v) is 7.69. The zero-order valence-electron chi connectivity index (χ0n) is 12.7. The van der Waals surface area contributed by atoms with E-state index in [0.29, 0.717) is 0 Å². The van der Waals surface area contributed by atoms with Crippen molar-refractivity contribution in [3.63, 3.8) is 0 Å². The van der Waals surface area contributed by atoms with Gasteiger partial charge >= 0.3 is 0 Å². The molecule has 1 aliphatic heterocycles. The maximum absolute atomic E-state index is 3.79. The minimum absolute atomic E-state index is 0.742. The largest absolute Gasteiger partial charge is 0.310 e. The van der Waals surface area contributed by atoms with E-state index in [0.717, 1.165) is 24.0 Å². The highest BCUT2D eigenvalue weighted by Crippen LogP contribution is 2.24. The molecule has 0 radical (unpaired) electrons. The van der Waals surface area contributed by atoms with Gasteiger partial charge in [-0.05, 0) is 45.7 Å². The van der Waals surface area contributed by atoms with Crippen LogP contribution in [0.15, 0.2) is 0 Å². The van der Waals surface area contributed by atoms with E-state index in [2.05, 4.69) is 43.1 Å². The van der Waals surface area contributed by atoms with Crippen molar-refractivity contribution in [1.29, 1.82) is 0 Å². The Morgan fingerprint density at radius 1 is 1.17 bits per heavy atom. The van der Waals surface area contributed by atoms with Gasteiger partial charge in [0.25, 0.3) is 0 Å². The van der Waals surface area contributed by atoms with Crippen molar-refractivity contribution in [3.05, 3.63) is 0 Å². The standard InChI is InChI=1S/C15H31N3/c1-12(2)9-15(11-17(3)4)18-8-7-14(10-18)16-13-5-6-13/h12-16H,5-11H2,1-4H3. The highest BCUT2D eigenvalue weighted by atomic mass is 15.2. The summed E-state index contributed by atoms with van der Waals surface area (Å²) in [6.07, 6.45) is 5.49. The Kier molecular flexibility index (Phi) is 5.05. The number of hydrogen-bond donors (Lipinski definition) is 1. The molecule has 2 fully saturated rings. The van der Waals surface area contributed by atoms with Gasteiger partial charge in [-0.3, -0.25) is 4.90 Å². The fourth-order valence-electron chi connectivity index (χ4n) is 3.14. The minimum Gasteiger partial charge on any atom is -0.310 e. The van der Waals surface area contributed by atoms with Crippen LogP contribution in [0.1, 0.15) is 39.5 Å². The quantitative estimate of drug-likeness (QED) is 0.746. The van der Waals surface area contributed by atoms with E-state index in [4.69, 9.17) is 0 Å². The van der Waals surface area contributed by atoms with Crippen LogP contribution in [-0.2, 0) is 0 Å². The summed E-state index contributed by atoms with van der Waals surface area (Å²) in [5.74, 6) is 0.797. The van der Waals surface area contributed by atoms with Crippen LogP contribution in [0.2, 0.25) is 0 Å². The zero-order chi connectivity index (χ0) is 13.1. The van der Waals surface area contributed by atoms with Crippen molar-refractivity contribution in [3.8, 4) is 0 Å². The summed E-state index contributed by atoms with van der Waals surface area (Å²) in [6, 6.07) is 2.35. The van der Waals surface area contributed by atoms with Crippen LogP contribution >= 0.6 is 0 Å². The van der Waals surface area contributed by atoms with Crippen molar-refractivity contribution in [1.82, 2.24) is 15.1 Å². The Hall–Kier alpha value is -0.120. The highest BCUT2D eigenvalue weighted by Gasteiger charge is 2.32. The Bertz CT molecular complexity index is 238. The molecule has 0 bridgehead atoms. The molecule has 3 nitrogen and oxygen atoms in total. The smallest absolute Gasteiger partial charge is 0.0226 e. The first kappa shape index (κ1) is 14.3. The zero-order valence-corrected chi connectivity index (χ0v) is 12.7. The number of nitrogens with zero attached hydrogens (tertiary/aromatic N) is 2. The molecule has 1 aliphatic carbocycles. The Labute approximate surface area is 113 Å². The predicted molar refractivity (Wildman–Crippen MR) is 77.9 cm³/mol. The third-order valence-electron chi connectivity index (χ3n) is 4.10. The highest BCUT2D eigenvalue weighted by molar-refractivity contribution is 4.91. The molecule has 0 aromatic rings. The molecule has 0 spiro atoms. The molecule has 2 rings (SSSR count). The Balaban J connectivity index is 1.81. The summed E-state index contributed by atoms with van der Waals surface area (Å²) in [4.78, 5) is 5.06. The average molecular weight is 253 g/mol. The van der Waals surface area contributed by atoms with Gasteiger partial charge in [-0.2, -0.15) is 0 Å². The van der Waals surface area contributed by atoms with Crippen molar-refractivity contribution >= 4 is 0 Å². The fraction of sp³-hybridized carbons (Fsp3) is 1.00. The molecule has 18 heavy (non-hydrogen) atoms. The van der Waals surface area contributed by atoms with Crippen LogP contribution in [0.3, 0.4) is 0 Å². The number of hydrogen-bond acceptors (Lipinski definition) is 3. The van der Waals surface area contributed by atoms with Gasteiger partial charge in [0.1, 0.15) is 0 Å². The molecule has 2 unspecified atom stereocenters. The van der Waals surface area contributed by atoms with Crippen LogP contribution in [0, 0.1) is 5.92 Å². The maximum atomic E-state index is 3.79. The summed E-state index contributed by atoms with van der Waals surface area (Å²) in [5.41, 5.74) is 0. The van der Waals surface area contributed by atoms with E-state index < -0.39 is 0 Å². The van der Waals surface area contributed by atoms with Gasteiger partial charge in [-0.25, -0.2) is 0 Å². The monoisotopic (exact) mass is 253 g/mol. The molecule has 0 amide bonds. The van der Waals surface area contributed by atoms with Crippen LogP contribution in [0.25, 0.3) is 0 Å². The third-order valence-corrected chi connectivity index (χ3v) is 4.10. The second-order valence-electron chi connectivity index (χ2n) is 6.97. The average Bonchev–Trinajstić information content (AvgIpc) is 2.92. The maximum Gasteiger partial charge on any atom is 0.0226 e. The van der Waals surface area contributed by atoms with Gasteiger partial charge in [0.05, 0.1) is 0 Å². The molecule has 3 heteroatoms. The van der Waals surface area contributed by atoms with Gasteiger partial charge in [0, 0.05) is 37.8 Å². The number of likely N-dealkylation sites (N-methyl/N-ethyl adjacent to an activating group) is 1. The first-order chi connectivity index (χ1) is 8.54. The summed E-state index contributed by atoms with van der Waals surface area (Å²) in [7, 11) is 4.40. The summed E-state index contributed by atoms with van der Waals surface area (Å²) in [5, 5.41) is 3.79. The fourth-order valence-corrected chi connectivity index (χ4v) is 3.14. The normalized spacial score (nSPS) is 27.3. The molecular weight excluding hydrogens is 222 g/mol. The topological polar surface area (TPSA) is 18.5 Å². The molecule has 1 N–H and O–H groups in total. The molecule has 0 aromatic heterocycles. The summed E-state index contributed by atoms with van der Waals surface area (Å²) < 4.78 is 0. The first-order valence-electron chi connectivity index (χ1n) is 7.69. The van der Waals surface area contributed by atoms with Crippen molar-refractivity contribution < 1.29 is 0 Å². The lowest BCUT2D eigenvalue weighted by Crippen LogP contribution is -2.43. The van der Waals surface area contributed by atoms with E-state index in [1.54, 1.807) is 0 Å². The van der Waals surface area contributed by atoms with Crippen molar-refractivity contribution in [2.75, 3.05) is 33.7 Å². The van der Waals surface area contributed by atoms with Crippen LogP contribution in [-0.4, -0.2) is 61.7 Å². The van der Waals surface area contributed by atoms with E-state index in [9.17, 15) is 0 Å². The van der Waals surface area contributed by atoms with E-state index in [1.807, 2.05) is 0 Å². The van der Waals surface area contributed by atoms with Gasteiger partial charge in [-0.1, -0.05) is 13.8 Å². The molecular formula is C15H31N3. The van der Waals surface area contributed by atoms with E-state index in [1.165, 1.54) is 45.3 Å². The lowest BCUT2D eigenvalue weighted by molar-refractivity contribution is 0.168. The lowest BCUT2D eigenvalue weighted by Gasteiger charge is -2.31. The molecule has 1 saturated carbocycles. The second kappa shape index (κ2) is 6.36. The molecule has 1 saturated heterocycles. The van der Waals surface area contributed by atoms with Gasteiger partial charge in [0.15, 0.2) is 0 Å². The molecule has 2 atom stereocenters. The molecule has 106 valence electrons. The van der Waals surface area contributed by atoms with Gasteiger partial charge < -0.3 is 10.2 Å². The minimum atomic E-state index is 0.742. The lowest BCUT2D eigenvalue weighted by atomic mass is 10.0. The van der Waals surface area contributed by atoms with Gasteiger partial charge in [0.2, 0.25) is 0 Å². The molecule has 2 aliphatic rings. The molecule has 1 heterocycles. The SMILES string of the molecule is CC(C)CC(CN(C)C)N1CCC(NC2CC2)C1. The summed E-state index contributed by atoms with van der Waals surface area (Å²) in [6.45, 7) is 8.45. The third kappa shape index (κ3) is 4.52. The number of nitrogens with one attached hydrogen (secondary N) is 1. The second-order valence-corrected chi connectivity index (χ2v) is 6.97. The van der Waals surface area contributed by atoms with E-state index >= 15 is 0 Å². The number of likely N-dealkylation sites (tertiary alicyclic amines) is 1. The summed E-state index contributed by atoms with van der Waals surface area (Å²) >= 11 is 0. The predicted octanol–water partition coefficient (Wildman–Crippen LogP) is 1.79. The van der Waals surface area contributed by atoms with Gasteiger partial charge in [-0.15, -0.1) is 0 Å². The Morgan fingerprint density at radius 3 is 2.44 bits per heavy atom. The Morgan fingerprint density at radius 2 is 1.89 bits per heavy atom. The van der Waals surface area contributed by atoms with Crippen molar-refractivity contribution in [2.45, 2.75) is 57.7 Å². The van der Waals surface area contributed by atoms with Crippen LogP contribution < -0.4 is 5.32 Å². The molecule has 0 aromatic carbocycles. The number of rotatable bonds is 7. The van der Waals surface area contributed by atoms with Crippen LogP contribution in [0.4, 0.5) is 0 Å². The van der Waals surface area contributed by atoms with Crippen molar-refractivity contribution in [2.24, 2.45) is 5.92 Å². The van der Waals surface area contributed by atoms with Crippen LogP contribution in [0.5, 0.6) is 0 Å².